The molecule has 2 aromatic rings. The maximum atomic E-state index is 11.5. The van der Waals surface area contributed by atoms with Crippen LogP contribution in [-0.4, -0.2) is 16.9 Å². The molecule has 0 saturated carbocycles. The van der Waals surface area contributed by atoms with Gasteiger partial charge in [0.25, 0.3) is 0 Å². The molecule has 4 nitrogen and oxygen atoms in total. The Labute approximate surface area is 93.5 Å². The maximum Gasteiger partial charge on any atom is 0.241 e. The van der Waals surface area contributed by atoms with E-state index in [2.05, 4.69) is 10.3 Å². The summed E-state index contributed by atoms with van der Waals surface area (Å²) < 4.78 is 0. The molecule has 0 fully saturated rings. The Balaban J connectivity index is 2.41. The molecule has 0 aliphatic carbocycles. The Kier molecular flexibility index (Phi) is 2.83. The molecule has 0 radical (unpaired) electrons. The third-order valence-corrected chi connectivity index (χ3v) is 2.30. The number of hydrogen-bond acceptors (Lipinski definition) is 3. The Morgan fingerprint density at radius 3 is 2.88 bits per heavy atom. The molecule has 1 aromatic heterocycles. The Morgan fingerprint density at radius 2 is 2.12 bits per heavy atom. The Hall–Kier alpha value is -1.94. The van der Waals surface area contributed by atoms with Crippen LogP contribution in [0.5, 0.6) is 0 Å². The van der Waals surface area contributed by atoms with Gasteiger partial charge in [0.15, 0.2) is 0 Å². The van der Waals surface area contributed by atoms with Crippen molar-refractivity contribution in [3.8, 4) is 0 Å². The minimum atomic E-state index is -0.529. The van der Waals surface area contributed by atoms with Gasteiger partial charge in [-0.15, -0.1) is 0 Å². The molecule has 0 spiro atoms. The summed E-state index contributed by atoms with van der Waals surface area (Å²) in [6.45, 7) is 1.65. The maximum absolute atomic E-state index is 11.5. The van der Waals surface area contributed by atoms with E-state index in [0.717, 1.165) is 10.9 Å². The number of anilines is 1. The SMILES string of the molecule is C[C@@H](N)C(=O)Nc1cccc2cccnc12. The van der Waals surface area contributed by atoms with Crippen LogP contribution in [0.15, 0.2) is 36.5 Å². The van der Waals surface area contributed by atoms with Crippen LogP contribution >= 0.6 is 0 Å². The molecule has 16 heavy (non-hydrogen) atoms. The summed E-state index contributed by atoms with van der Waals surface area (Å²) >= 11 is 0. The fraction of sp³-hybridized carbons (Fsp3) is 0.167. The number of pyridine rings is 1. The van der Waals surface area contributed by atoms with Crippen LogP contribution in [-0.2, 0) is 4.79 Å². The number of aromatic nitrogens is 1. The number of nitrogens with one attached hydrogen (secondary N) is 1. The minimum absolute atomic E-state index is 0.210. The van der Waals surface area contributed by atoms with Crippen LogP contribution in [0.2, 0.25) is 0 Å². The summed E-state index contributed by atoms with van der Waals surface area (Å²) in [4.78, 5) is 15.7. The summed E-state index contributed by atoms with van der Waals surface area (Å²) in [7, 11) is 0. The largest absolute Gasteiger partial charge is 0.323 e. The molecule has 0 aliphatic rings. The van der Waals surface area contributed by atoms with Crippen molar-refractivity contribution in [1.29, 1.82) is 0 Å². The number of carbonyl (C=O) groups excluding carboxylic acids is 1. The van der Waals surface area contributed by atoms with E-state index in [1.807, 2.05) is 30.3 Å². The van der Waals surface area contributed by atoms with Crippen molar-refractivity contribution in [2.45, 2.75) is 13.0 Å². The molecular weight excluding hydrogens is 202 g/mol. The number of nitrogens with zero attached hydrogens (tertiary/aromatic N) is 1. The van der Waals surface area contributed by atoms with E-state index in [1.165, 1.54) is 0 Å². The van der Waals surface area contributed by atoms with Crippen molar-refractivity contribution in [2.75, 3.05) is 5.32 Å². The molecular formula is C12H13N3O. The zero-order valence-corrected chi connectivity index (χ0v) is 8.97. The van der Waals surface area contributed by atoms with E-state index in [-0.39, 0.29) is 5.91 Å². The van der Waals surface area contributed by atoms with Gasteiger partial charge >= 0.3 is 0 Å². The van der Waals surface area contributed by atoms with Gasteiger partial charge in [0, 0.05) is 11.6 Å². The molecule has 0 bridgehead atoms. The van der Waals surface area contributed by atoms with Crippen LogP contribution in [0, 0.1) is 0 Å². The second-order valence-corrected chi connectivity index (χ2v) is 3.66. The summed E-state index contributed by atoms with van der Waals surface area (Å²) in [5.74, 6) is -0.210. The average molecular weight is 215 g/mol. The molecule has 82 valence electrons. The average Bonchev–Trinajstić information content (AvgIpc) is 2.29. The highest BCUT2D eigenvalue weighted by Crippen LogP contribution is 2.20. The topological polar surface area (TPSA) is 68.0 Å². The summed E-state index contributed by atoms with van der Waals surface area (Å²) in [5, 5.41) is 3.75. The first kappa shape index (κ1) is 10.6. The molecule has 2 rings (SSSR count). The highest BCUT2D eigenvalue weighted by Gasteiger charge is 2.09. The molecule has 1 heterocycles. The smallest absolute Gasteiger partial charge is 0.241 e. The van der Waals surface area contributed by atoms with Crippen molar-refractivity contribution in [3.63, 3.8) is 0 Å². The van der Waals surface area contributed by atoms with Crippen molar-refractivity contribution >= 4 is 22.5 Å². The van der Waals surface area contributed by atoms with Gasteiger partial charge in [-0.1, -0.05) is 18.2 Å². The van der Waals surface area contributed by atoms with Gasteiger partial charge in [0.1, 0.15) is 0 Å². The van der Waals surface area contributed by atoms with Crippen LogP contribution in [0.3, 0.4) is 0 Å². The van der Waals surface area contributed by atoms with E-state index in [4.69, 9.17) is 5.73 Å². The van der Waals surface area contributed by atoms with Crippen molar-refractivity contribution in [3.05, 3.63) is 36.5 Å². The third-order valence-electron chi connectivity index (χ3n) is 2.30. The van der Waals surface area contributed by atoms with Crippen LogP contribution in [0.4, 0.5) is 5.69 Å². The second kappa shape index (κ2) is 4.28. The molecule has 0 aliphatic heterocycles. The van der Waals surface area contributed by atoms with E-state index < -0.39 is 6.04 Å². The van der Waals surface area contributed by atoms with Gasteiger partial charge in [-0.05, 0) is 19.1 Å². The van der Waals surface area contributed by atoms with Crippen LogP contribution in [0.25, 0.3) is 10.9 Å². The number of benzene rings is 1. The first-order chi connectivity index (χ1) is 7.68. The number of amides is 1. The lowest BCUT2D eigenvalue weighted by molar-refractivity contribution is -0.117. The lowest BCUT2D eigenvalue weighted by Gasteiger charge is -2.09. The Morgan fingerprint density at radius 1 is 1.38 bits per heavy atom. The van der Waals surface area contributed by atoms with E-state index >= 15 is 0 Å². The Bertz CT molecular complexity index is 517. The van der Waals surface area contributed by atoms with Gasteiger partial charge in [-0.2, -0.15) is 0 Å². The molecule has 4 heteroatoms. The van der Waals surface area contributed by atoms with Gasteiger partial charge in [-0.3, -0.25) is 9.78 Å². The fourth-order valence-electron chi connectivity index (χ4n) is 1.45. The predicted octanol–water partition coefficient (Wildman–Crippen LogP) is 1.52. The summed E-state index contributed by atoms with van der Waals surface area (Å²) in [6, 6.07) is 8.92. The summed E-state index contributed by atoms with van der Waals surface area (Å²) in [5.41, 5.74) is 6.97. The molecule has 1 aromatic carbocycles. The van der Waals surface area contributed by atoms with E-state index in [0.29, 0.717) is 5.69 Å². The molecule has 1 amide bonds. The molecule has 1 atom stereocenters. The third kappa shape index (κ3) is 2.01. The normalized spacial score (nSPS) is 12.4. The second-order valence-electron chi connectivity index (χ2n) is 3.66. The lowest BCUT2D eigenvalue weighted by Crippen LogP contribution is -2.32. The molecule has 0 unspecified atom stereocenters. The van der Waals surface area contributed by atoms with Crippen molar-refractivity contribution in [2.24, 2.45) is 5.73 Å². The van der Waals surface area contributed by atoms with E-state index in [9.17, 15) is 4.79 Å². The number of nitrogens with two attached hydrogens (primary N) is 1. The number of fused-ring (bicyclic) bond motifs is 1. The summed E-state index contributed by atoms with van der Waals surface area (Å²) in [6.07, 6.45) is 1.70. The minimum Gasteiger partial charge on any atom is -0.323 e. The predicted molar refractivity (Wildman–Crippen MR) is 64.0 cm³/mol. The fourth-order valence-corrected chi connectivity index (χ4v) is 1.45. The van der Waals surface area contributed by atoms with Gasteiger partial charge < -0.3 is 11.1 Å². The molecule has 0 saturated heterocycles. The number of para-hydroxylation sites is 1. The highest BCUT2D eigenvalue weighted by molar-refractivity contribution is 6.01. The first-order valence-electron chi connectivity index (χ1n) is 5.08. The standard InChI is InChI=1S/C12H13N3O/c1-8(13)12(16)15-10-6-2-4-9-5-3-7-14-11(9)10/h2-8H,13H2,1H3,(H,15,16)/t8-/m1/s1. The molecule has 3 N–H and O–H groups in total. The number of rotatable bonds is 2. The number of carbonyl (C=O) groups is 1. The quantitative estimate of drug-likeness (QED) is 0.798. The lowest BCUT2D eigenvalue weighted by atomic mass is 10.2. The zero-order valence-electron chi connectivity index (χ0n) is 8.97. The van der Waals surface area contributed by atoms with Gasteiger partial charge in [0.05, 0.1) is 17.2 Å². The highest BCUT2D eigenvalue weighted by atomic mass is 16.2. The first-order valence-corrected chi connectivity index (χ1v) is 5.08. The van der Waals surface area contributed by atoms with E-state index in [1.54, 1.807) is 13.1 Å². The van der Waals surface area contributed by atoms with Gasteiger partial charge in [0.2, 0.25) is 5.91 Å². The van der Waals surface area contributed by atoms with Crippen LogP contribution in [0.1, 0.15) is 6.92 Å². The number of hydrogen-bond donors (Lipinski definition) is 2. The zero-order chi connectivity index (χ0) is 11.5. The monoisotopic (exact) mass is 215 g/mol. The van der Waals surface area contributed by atoms with Crippen molar-refractivity contribution < 1.29 is 4.79 Å². The van der Waals surface area contributed by atoms with Crippen molar-refractivity contribution in [1.82, 2.24) is 4.98 Å². The van der Waals surface area contributed by atoms with Crippen LogP contribution < -0.4 is 11.1 Å². The van der Waals surface area contributed by atoms with Gasteiger partial charge in [-0.25, -0.2) is 0 Å².